The minimum atomic E-state index is -4.56. The normalized spacial score (nSPS) is 11.5. The Kier molecular flexibility index (Phi) is 5.42. The lowest BCUT2D eigenvalue weighted by atomic mass is 10.1. The smallest absolute Gasteiger partial charge is 0.416 e. The second-order valence-corrected chi connectivity index (χ2v) is 5.10. The molecule has 0 atom stereocenters. The van der Waals surface area contributed by atoms with E-state index in [0.717, 1.165) is 24.3 Å². The molecule has 0 saturated carbocycles. The number of carboxylic acid groups (broad SMARTS) is 1. The Morgan fingerprint density at radius 2 is 1.81 bits per heavy atom. The number of hydrogen-bond acceptors (Lipinski definition) is 3. The van der Waals surface area contributed by atoms with Gasteiger partial charge in [-0.3, -0.25) is 4.79 Å². The van der Waals surface area contributed by atoms with Gasteiger partial charge in [-0.15, -0.1) is 0 Å². The summed E-state index contributed by atoms with van der Waals surface area (Å²) in [6.45, 7) is 0. The monoisotopic (exact) mass is 360 g/mol. The van der Waals surface area contributed by atoms with Gasteiger partial charge in [0.25, 0.3) is 5.91 Å². The van der Waals surface area contributed by atoms with Crippen molar-refractivity contribution in [3.05, 3.63) is 70.8 Å². The number of carboxylic acids is 1. The Balaban J connectivity index is 2.32. The number of para-hydroxylation sites is 1. The fraction of sp³-hybridized carbons (Fsp3) is 0.0556. The SMILES string of the molecule is N#C/C(=C\c1cccc(C(F)(F)F)c1)C(=O)Nc1ccccc1C(=O)O. The molecule has 2 aromatic carbocycles. The van der Waals surface area contributed by atoms with Crippen molar-refractivity contribution < 1.29 is 27.9 Å². The second-order valence-electron chi connectivity index (χ2n) is 5.10. The van der Waals surface area contributed by atoms with Crippen LogP contribution < -0.4 is 5.32 Å². The molecule has 0 saturated heterocycles. The van der Waals surface area contributed by atoms with Crippen LogP contribution in [0.15, 0.2) is 54.1 Å². The Morgan fingerprint density at radius 1 is 1.12 bits per heavy atom. The summed E-state index contributed by atoms with van der Waals surface area (Å²) in [5.41, 5.74) is -1.59. The number of nitriles is 1. The Labute approximate surface area is 146 Å². The van der Waals surface area contributed by atoms with E-state index in [-0.39, 0.29) is 16.8 Å². The summed E-state index contributed by atoms with van der Waals surface area (Å²) in [7, 11) is 0. The van der Waals surface area contributed by atoms with E-state index in [0.29, 0.717) is 0 Å². The lowest BCUT2D eigenvalue weighted by Gasteiger charge is -2.08. The third-order valence-corrected chi connectivity index (χ3v) is 3.30. The van der Waals surface area contributed by atoms with E-state index in [1.54, 1.807) is 6.07 Å². The molecule has 132 valence electrons. The number of carbonyl (C=O) groups is 2. The number of carbonyl (C=O) groups excluding carboxylic acids is 1. The van der Waals surface area contributed by atoms with Gasteiger partial charge in [0.05, 0.1) is 16.8 Å². The number of alkyl halides is 3. The van der Waals surface area contributed by atoms with E-state index >= 15 is 0 Å². The number of benzene rings is 2. The molecule has 26 heavy (non-hydrogen) atoms. The Bertz CT molecular complexity index is 928. The van der Waals surface area contributed by atoms with Gasteiger partial charge in [0.2, 0.25) is 0 Å². The number of hydrogen-bond donors (Lipinski definition) is 2. The summed E-state index contributed by atoms with van der Waals surface area (Å²) in [5.74, 6) is -2.21. The lowest BCUT2D eigenvalue weighted by Crippen LogP contribution is -2.16. The van der Waals surface area contributed by atoms with Crippen LogP contribution in [0, 0.1) is 11.3 Å². The predicted octanol–water partition coefficient (Wildman–Crippen LogP) is 3.95. The third kappa shape index (κ3) is 4.48. The molecule has 2 N–H and O–H groups in total. The van der Waals surface area contributed by atoms with Gasteiger partial charge in [-0.2, -0.15) is 18.4 Å². The molecule has 0 aliphatic heterocycles. The van der Waals surface area contributed by atoms with E-state index in [4.69, 9.17) is 10.4 Å². The first-order valence-corrected chi connectivity index (χ1v) is 7.15. The largest absolute Gasteiger partial charge is 0.478 e. The highest BCUT2D eigenvalue weighted by molar-refractivity contribution is 6.11. The fourth-order valence-corrected chi connectivity index (χ4v) is 2.09. The average molecular weight is 360 g/mol. The first-order chi connectivity index (χ1) is 12.2. The average Bonchev–Trinajstić information content (AvgIpc) is 2.59. The molecule has 0 fully saturated rings. The van der Waals surface area contributed by atoms with Crippen LogP contribution in [0.4, 0.5) is 18.9 Å². The molecule has 2 rings (SSSR count). The highest BCUT2D eigenvalue weighted by atomic mass is 19.4. The first kappa shape index (κ1) is 18.7. The minimum Gasteiger partial charge on any atom is -0.478 e. The maximum Gasteiger partial charge on any atom is 0.416 e. The van der Waals surface area contributed by atoms with Crippen molar-refractivity contribution in [1.82, 2.24) is 0 Å². The Hall–Kier alpha value is -3.60. The van der Waals surface area contributed by atoms with Crippen LogP contribution in [-0.2, 0) is 11.0 Å². The van der Waals surface area contributed by atoms with Gasteiger partial charge in [0, 0.05) is 0 Å². The molecule has 0 aliphatic carbocycles. The van der Waals surface area contributed by atoms with Crippen LogP contribution >= 0.6 is 0 Å². The molecular weight excluding hydrogens is 349 g/mol. The van der Waals surface area contributed by atoms with Crippen molar-refractivity contribution in [2.45, 2.75) is 6.18 Å². The minimum absolute atomic E-state index is 0.0121. The van der Waals surface area contributed by atoms with Crippen molar-refractivity contribution in [1.29, 1.82) is 5.26 Å². The standard InChI is InChI=1S/C18H11F3N2O3/c19-18(20,21)13-5-3-4-11(9-13)8-12(10-22)16(24)23-15-7-2-1-6-14(15)17(25)26/h1-9H,(H,23,24)(H,25,26)/b12-8+. The van der Waals surface area contributed by atoms with Crippen LogP contribution in [0.5, 0.6) is 0 Å². The van der Waals surface area contributed by atoms with Crippen LogP contribution in [0.2, 0.25) is 0 Å². The summed E-state index contributed by atoms with van der Waals surface area (Å²) in [4.78, 5) is 23.3. The van der Waals surface area contributed by atoms with E-state index in [2.05, 4.69) is 5.32 Å². The van der Waals surface area contributed by atoms with Crippen LogP contribution in [0.25, 0.3) is 6.08 Å². The highest BCUT2D eigenvalue weighted by Crippen LogP contribution is 2.30. The first-order valence-electron chi connectivity index (χ1n) is 7.15. The number of nitrogens with zero attached hydrogens (tertiary/aromatic N) is 1. The zero-order chi connectivity index (χ0) is 19.3. The number of rotatable bonds is 4. The fourth-order valence-electron chi connectivity index (χ4n) is 2.09. The van der Waals surface area contributed by atoms with Crippen LogP contribution in [0.3, 0.4) is 0 Å². The number of nitrogens with one attached hydrogen (secondary N) is 1. The van der Waals surface area contributed by atoms with E-state index in [1.807, 2.05) is 0 Å². The maximum atomic E-state index is 12.7. The molecular formula is C18H11F3N2O3. The van der Waals surface area contributed by atoms with Crippen LogP contribution in [-0.4, -0.2) is 17.0 Å². The molecule has 0 unspecified atom stereocenters. The van der Waals surface area contributed by atoms with Gasteiger partial charge in [0.1, 0.15) is 11.6 Å². The van der Waals surface area contributed by atoms with Crippen molar-refractivity contribution >= 4 is 23.6 Å². The predicted molar refractivity (Wildman–Crippen MR) is 87.1 cm³/mol. The van der Waals surface area contributed by atoms with Gasteiger partial charge in [-0.25, -0.2) is 4.79 Å². The summed E-state index contributed by atoms with van der Waals surface area (Å²) < 4.78 is 38.2. The third-order valence-electron chi connectivity index (χ3n) is 3.30. The van der Waals surface area contributed by atoms with Gasteiger partial charge >= 0.3 is 12.1 Å². The summed E-state index contributed by atoms with van der Waals surface area (Å²) in [6, 6.07) is 11.3. The molecule has 5 nitrogen and oxygen atoms in total. The molecule has 0 radical (unpaired) electrons. The number of anilines is 1. The molecule has 0 aromatic heterocycles. The van der Waals surface area contributed by atoms with Crippen LogP contribution in [0.1, 0.15) is 21.5 Å². The van der Waals surface area contributed by atoms with Gasteiger partial charge in [0.15, 0.2) is 0 Å². The van der Waals surface area contributed by atoms with Crippen molar-refractivity contribution in [2.24, 2.45) is 0 Å². The second kappa shape index (κ2) is 7.53. The van der Waals surface area contributed by atoms with E-state index in [9.17, 15) is 22.8 Å². The van der Waals surface area contributed by atoms with Gasteiger partial charge < -0.3 is 10.4 Å². The van der Waals surface area contributed by atoms with Crippen molar-refractivity contribution in [2.75, 3.05) is 5.32 Å². The zero-order valence-corrected chi connectivity index (χ0v) is 13.0. The lowest BCUT2D eigenvalue weighted by molar-refractivity contribution is -0.137. The van der Waals surface area contributed by atoms with E-state index < -0.39 is 29.2 Å². The highest BCUT2D eigenvalue weighted by Gasteiger charge is 2.30. The number of amides is 1. The Morgan fingerprint density at radius 3 is 2.42 bits per heavy atom. The zero-order valence-electron chi connectivity index (χ0n) is 13.0. The van der Waals surface area contributed by atoms with Crippen molar-refractivity contribution in [3.63, 3.8) is 0 Å². The van der Waals surface area contributed by atoms with Gasteiger partial charge in [-0.05, 0) is 35.9 Å². The van der Waals surface area contributed by atoms with E-state index in [1.165, 1.54) is 30.3 Å². The molecule has 1 amide bonds. The summed E-state index contributed by atoms with van der Waals surface area (Å²) in [6.07, 6.45) is -3.56. The van der Waals surface area contributed by atoms with Gasteiger partial charge in [-0.1, -0.05) is 24.3 Å². The van der Waals surface area contributed by atoms with Crippen molar-refractivity contribution in [3.8, 4) is 6.07 Å². The number of aromatic carboxylic acids is 1. The maximum absolute atomic E-state index is 12.7. The molecule has 0 aliphatic rings. The molecule has 0 spiro atoms. The molecule has 0 heterocycles. The quantitative estimate of drug-likeness (QED) is 0.638. The summed E-state index contributed by atoms with van der Waals surface area (Å²) >= 11 is 0. The molecule has 8 heteroatoms. The summed E-state index contributed by atoms with van der Waals surface area (Å²) in [5, 5.41) is 20.5. The molecule has 2 aromatic rings. The molecule has 0 bridgehead atoms. The topological polar surface area (TPSA) is 90.2 Å². The number of halogens is 3.